The second-order valence-corrected chi connectivity index (χ2v) is 6.01. The summed E-state index contributed by atoms with van der Waals surface area (Å²) in [5.74, 6) is -0.721. The topological polar surface area (TPSA) is 116 Å². The number of nitro benzene ring substituents is 1. The summed E-state index contributed by atoms with van der Waals surface area (Å²) in [5.41, 5.74) is 0.388. The fourth-order valence-corrected chi connectivity index (χ4v) is 2.23. The van der Waals surface area contributed by atoms with Gasteiger partial charge in [-0.05, 0) is 32.4 Å². The molecular weight excluding hydrogens is 352 g/mol. The van der Waals surface area contributed by atoms with Crippen LogP contribution in [0.1, 0.15) is 32.4 Å². The van der Waals surface area contributed by atoms with Gasteiger partial charge in [-0.3, -0.25) is 14.9 Å². The number of aromatic nitrogens is 2. The van der Waals surface area contributed by atoms with Crippen molar-refractivity contribution in [3.8, 4) is 0 Å². The van der Waals surface area contributed by atoms with Crippen molar-refractivity contribution in [2.75, 3.05) is 5.32 Å². The van der Waals surface area contributed by atoms with Gasteiger partial charge in [-0.15, -0.1) is 0 Å². The molecule has 1 heterocycles. The summed E-state index contributed by atoms with van der Waals surface area (Å²) < 4.78 is 6.69. The highest BCUT2D eigenvalue weighted by atomic mass is 16.6. The molecule has 0 saturated carbocycles. The summed E-state index contributed by atoms with van der Waals surface area (Å²) in [6.45, 7) is 5.29. The van der Waals surface area contributed by atoms with Crippen LogP contribution in [0.25, 0.3) is 6.08 Å². The molecule has 1 N–H and O–H groups in total. The van der Waals surface area contributed by atoms with E-state index in [4.69, 9.17) is 4.74 Å². The first-order chi connectivity index (χ1) is 12.8. The summed E-state index contributed by atoms with van der Waals surface area (Å²) >= 11 is 0. The number of rotatable bonds is 7. The standard InChI is InChI=1S/C18H20N4O5/c1-12(2)21-16(9-10-19-21)20-18(24)13(3)27-17(23)8-7-14-5-4-6-15(11-14)22(25)26/h4-13H,1-3H3,(H,20,24)/b8-7+/t13-/m0/s1. The average molecular weight is 372 g/mol. The summed E-state index contributed by atoms with van der Waals surface area (Å²) in [4.78, 5) is 34.3. The molecule has 142 valence electrons. The Morgan fingerprint density at radius 3 is 2.70 bits per heavy atom. The van der Waals surface area contributed by atoms with Crippen LogP contribution < -0.4 is 5.32 Å². The lowest BCUT2D eigenvalue weighted by atomic mass is 10.2. The molecular formula is C18H20N4O5. The van der Waals surface area contributed by atoms with Gasteiger partial charge < -0.3 is 10.1 Å². The minimum absolute atomic E-state index is 0.0611. The van der Waals surface area contributed by atoms with Gasteiger partial charge in [0.2, 0.25) is 0 Å². The van der Waals surface area contributed by atoms with Gasteiger partial charge in [-0.2, -0.15) is 5.10 Å². The van der Waals surface area contributed by atoms with Crippen molar-refractivity contribution in [2.24, 2.45) is 0 Å². The Labute approximate surface area is 155 Å². The molecule has 1 aromatic heterocycles. The van der Waals surface area contributed by atoms with Gasteiger partial charge in [-0.1, -0.05) is 12.1 Å². The van der Waals surface area contributed by atoms with E-state index in [1.165, 1.54) is 31.2 Å². The van der Waals surface area contributed by atoms with Crippen LogP contribution in [-0.4, -0.2) is 32.7 Å². The number of nitrogens with zero attached hydrogens (tertiary/aromatic N) is 3. The largest absolute Gasteiger partial charge is 0.449 e. The summed E-state index contributed by atoms with van der Waals surface area (Å²) in [6.07, 6.45) is 3.03. The number of ether oxygens (including phenoxy) is 1. The van der Waals surface area contributed by atoms with Crippen LogP contribution in [0.5, 0.6) is 0 Å². The molecule has 9 nitrogen and oxygen atoms in total. The number of esters is 1. The molecule has 1 aromatic carbocycles. The van der Waals surface area contributed by atoms with E-state index >= 15 is 0 Å². The van der Waals surface area contributed by atoms with Gasteiger partial charge in [0.15, 0.2) is 6.10 Å². The molecule has 0 radical (unpaired) electrons. The zero-order valence-electron chi connectivity index (χ0n) is 15.2. The van der Waals surface area contributed by atoms with Crippen LogP contribution in [-0.2, 0) is 14.3 Å². The molecule has 0 fully saturated rings. The van der Waals surface area contributed by atoms with Gasteiger partial charge in [0, 0.05) is 30.3 Å². The zero-order chi connectivity index (χ0) is 20.0. The molecule has 0 aliphatic rings. The normalized spacial score (nSPS) is 12.1. The van der Waals surface area contributed by atoms with Gasteiger partial charge in [0.1, 0.15) is 5.82 Å². The van der Waals surface area contributed by atoms with Crippen molar-refractivity contribution in [3.05, 3.63) is 58.3 Å². The molecule has 0 saturated heterocycles. The van der Waals surface area contributed by atoms with Crippen LogP contribution in [0.4, 0.5) is 11.5 Å². The highest BCUT2D eigenvalue weighted by Gasteiger charge is 2.18. The SMILES string of the molecule is CC(C)n1nccc1NC(=O)[C@H](C)OC(=O)/C=C/c1cccc([N+](=O)[O-])c1. The van der Waals surface area contributed by atoms with Gasteiger partial charge in [-0.25, -0.2) is 9.48 Å². The number of benzene rings is 1. The van der Waals surface area contributed by atoms with Crippen molar-refractivity contribution < 1.29 is 19.2 Å². The van der Waals surface area contributed by atoms with E-state index in [1.807, 2.05) is 13.8 Å². The number of non-ortho nitro benzene ring substituents is 1. The molecule has 0 aliphatic carbocycles. The Morgan fingerprint density at radius 1 is 1.30 bits per heavy atom. The molecule has 9 heteroatoms. The van der Waals surface area contributed by atoms with Crippen molar-refractivity contribution in [1.82, 2.24) is 9.78 Å². The minimum atomic E-state index is -1.03. The number of nitrogens with one attached hydrogen (secondary N) is 1. The molecule has 2 aromatic rings. The molecule has 27 heavy (non-hydrogen) atoms. The second kappa shape index (κ2) is 8.75. The van der Waals surface area contributed by atoms with Gasteiger partial charge >= 0.3 is 5.97 Å². The number of carbonyl (C=O) groups excluding carboxylic acids is 2. The Bertz CT molecular complexity index is 872. The third-order valence-corrected chi connectivity index (χ3v) is 3.57. The number of hydrogen-bond donors (Lipinski definition) is 1. The highest BCUT2D eigenvalue weighted by molar-refractivity contribution is 5.96. The Kier molecular flexibility index (Phi) is 6.42. The van der Waals surface area contributed by atoms with Crippen LogP contribution in [0.15, 0.2) is 42.6 Å². The lowest BCUT2D eigenvalue weighted by molar-refractivity contribution is -0.384. The van der Waals surface area contributed by atoms with E-state index < -0.39 is 22.9 Å². The van der Waals surface area contributed by atoms with Crippen LogP contribution in [0, 0.1) is 10.1 Å². The van der Waals surface area contributed by atoms with E-state index in [9.17, 15) is 19.7 Å². The predicted molar refractivity (Wildman–Crippen MR) is 98.9 cm³/mol. The number of amides is 1. The van der Waals surface area contributed by atoms with Gasteiger partial charge in [0.05, 0.1) is 11.1 Å². The fourth-order valence-electron chi connectivity index (χ4n) is 2.23. The molecule has 0 aliphatic heterocycles. The number of carbonyl (C=O) groups is 2. The smallest absolute Gasteiger partial charge is 0.331 e. The molecule has 0 spiro atoms. The third-order valence-electron chi connectivity index (χ3n) is 3.57. The monoisotopic (exact) mass is 372 g/mol. The highest BCUT2D eigenvalue weighted by Crippen LogP contribution is 2.15. The number of anilines is 1. The number of nitro groups is 1. The summed E-state index contributed by atoms with van der Waals surface area (Å²) in [5, 5.41) is 17.5. The molecule has 0 unspecified atom stereocenters. The Balaban J connectivity index is 1.94. The molecule has 2 rings (SSSR count). The second-order valence-electron chi connectivity index (χ2n) is 6.01. The molecule has 1 amide bonds. The van der Waals surface area contributed by atoms with Crippen LogP contribution in [0.3, 0.4) is 0 Å². The molecule has 0 bridgehead atoms. The maximum absolute atomic E-state index is 12.2. The van der Waals surface area contributed by atoms with E-state index in [0.717, 1.165) is 6.08 Å². The van der Waals surface area contributed by atoms with Crippen molar-refractivity contribution >= 4 is 29.5 Å². The summed E-state index contributed by atoms with van der Waals surface area (Å²) in [7, 11) is 0. The fraction of sp³-hybridized carbons (Fsp3) is 0.278. The first kappa shape index (κ1) is 19.8. The van der Waals surface area contributed by atoms with Crippen LogP contribution in [0.2, 0.25) is 0 Å². The van der Waals surface area contributed by atoms with E-state index in [-0.39, 0.29) is 11.7 Å². The minimum Gasteiger partial charge on any atom is -0.449 e. The third kappa shape index (κ3) is 5.50. The van der Waals surface area contributed by atoms with Crippen LogP contribution >= 0.6 is 0 Å². The van der Waals surface area contributed by atoms with Crippen molar-refractivity contribution in [2.45, 2.75) is 32.9 Å². The van der Waals surface area contributed by atoms with Crippen molar-refractivity contribution in [3.63, 3.8) is 0 Å². The lowest BCUT2D eigenvalue weighted by Gasteiger charge is -2.15. The summed E-state index contributed by atoms with van der Waals surface area (Å²) in [6, 6.07) is 7.51. The first-order valence-corrected chi connectivity index (χ1v) is 8.25. The first-order valence-electron chi connectivity index (χ1n) is 8.25. The Hall–Kier alpha value is -3.49. The average Bonchev–Trinajstić information content (AvgIpc) is 3.08. The number of hydrogen-bond acceptors (Lipinski definition) is 6. The predicted octanol–water partition coefficient (Wildman–Crippen LogP) is 2.96. The van der Waals surface area contributed by atoms with E-state index in [2.05, 4.69) is 10.4 Å². The Morgan fingerprint density at radius 2 is 2.04 bits per heavy atom. The van der Waals surface area contributed by atoms with Gasteiger partial charge in [0.25, 0.3) is 11.6 Å². The molecule has 1 atom stereocenters. The zero-order valence-corrected chi connectivity index (χ0v) is 15.2. The lowest BCUT2D eigenvalue weighted by Crippen LogP contribution is -2.30. The van der Waals surface area contributed by atoms with Crippen molar-refractivity contribution in [1.29, 1.82) is 0 Å². The maximum Gasteiger partial charge on any atom is 0.331 e. The maximum atomic E-state index is 12.2. The quantitative estimate of drug-likeness (QED) is 0.346. The van der Waals surface area contributed by atoms with E-state index in [0.29, 0.717) is 11.4 Å². The van der Waals surface area contributed by atoms with E-state index in [1.54, 1.807) is 23.0 Å².